The van der Waals surface area contributed by atoms with Crippen LogP contribution in [0.4, 0.5) is 0 Å². The molecule has 0 spiro atoms. The molecule has 4 aliphatic rings. The molecule has 4 heteroatoms. The van der Waals surface area contributed by atoms with Crippen molar-refractivity contribution in [2.24, 2.45) is 46.3 Å². The van der Waals surface area contributed by atoms with Crippen molar-refractivity contribution in [1.29, 1.82) is 0 Å². The van der Waals surface area contributed by atoms with Gasteiger partial charge in [0.15, 0.2) is 17.5 Å². The van der Waals surface area contributed by atoms with Crippen LogP contribution in [0.5, 0.6) is 0 Å². The Bertz CT molecular complexity index is 3020. The maximum absolute atomic E-state index is 5.32. The van der Waals surface area contributed by atoms with Crippen LogP contribution in [0.2, 0.25) is 0 Å². The van der Waals surface area contributed by atoms with E-state index in [1.807, 2.05) is 0 Å². The van der Waals surface area contributed by atoms with Crippen LogP contribution in [-0.4, -0.2) is 19.5 Å². The van der Waals surface area contributed by atoms with E-state index in [-0.39, 0.29) is 0 Å². The number of para-hydroxylation sites is 2. The van der Waals surface area contributed by atoms with E-state index in [1.54, 1.807) is 0 Å². The Morgan fingerprint density at radius 1 is 0.552 bits per heavy atom. The zero-order valence-electron chi connectivity index (χ0n) is 40.3. The third-order valence-corrected chi connectivity index (χ3v) is 18.7. The number of hydrogen-bond acceptors (Lipinski definition) is 3. The number of unbranched alkanes of at least 4 members (excludes halogenated alkanes) is 1. The van der Waals surface area contributed by atoms with Gasteiger partial charge in [-0.25, -0.2) is 15.0 Å². The van der Waals surface area contributed by atoms with Crippen molar-refractivity contribution < 1.29 is 0 Å². The molecule has 67 heavy (non-hydrogen) atoms. The van der Waals surface area contributed by atoms with E-state index in [2.05, 4.69) is 172 Å². The highest BCUT2D eigenvalue weighted by Crippen LogP contribution is 2.68. The first-order valence-electron chi connectivity index (χ1n) is 26.2. The average Bonchev–Trinajstić information content (AvgIpc) is 3.89. The third-order valence-electron chi connectivity index (χ3n) is 18.7. The van der Waals surface area contributed by atoms with Crippen LogP contribution in [0.15, 0.2) is 140 Å². The smallest absolute Gasteiger partial charge is 0.164 e. The standard InChI is InChI=1S/C63H68N4/c1-41(2)16-8-10-20-48-31-33-54-53-32-30-49-39-45(34-36-63(49,4)55(53)35-37-62(48,54)3)42-26-28-44(29-27-42)60-64-59(43-17-6-5-7-18-43)65-61(66-60)47-38-46-19-9-11-21-50(46)58(40-47)67-56-24-14-12-22-51(56)52-23-13-15-25-57(52)67/h5-7,9,11-15,17-19,21-29,38,40-41,45,48-49,53-55H,8,10,16,20,30-37,39H2,1-4H3/t45?,48-,49-,53-,54-,55-,62+,63-/m0/s1. The van der Waals surface area contributed by atoms with Crippen molar-refractivity contribution in [3.05, 3.63) is 145 Å². The number of aromatic nitrogens is 4. The molecule has 8 atom stereocenters. The molecule has 340 valence electrons. The van der Waals surface area contributed by atoms with Crippen molar-refractivity contribution in [2.75, 3.05) is 0 Å². The van der Waals surface area contributed by atoms with Crippen molar-refractivity contribution in [3.63, 3.8) is 0 Å². The molecule has 0 aliphatic heterocycles. The Morgan fingerprint density at radius 2 is 1.16 bits per heavy atom. The molecule has 0 bridgehead atoms. The number of nitrogens with zero attached hydrogens (tertiary/aromatic N) is 4. The topological polar surface area (TPSA) is 43.6 Å². The minimum absolute atomic E-state index is 0.495. The average molecular weight is 881 g/mol. The summed E-state index contributed by atoms with van der Waals surface area (Å²) >= 11 is 0. The molecule has 8 aromatic rings. The van der Waals surface area contributed by atoms with Gasteiger partial charge in [0.05, 0.1) is 16.7 Å². The summed E-state index contributed by atoms with van der Waals surface area (Å²) in [5.41, 5.74) is 9.06. The quantitative estimate of drug-likeness (QED) is 0.129. The summed E-state index contributed by atoms with van der Waals surface area (Å²) in [6.45, 7) is 10.3. The molecule has 0 saturated heterocycles. The largest absolute Gasteiger partial charge is 0.309 e. The summed E-state index contributed by atoms with van der Waals surface area (Å²) in [6, 6.07) is 50.5. The molecule has 4 saturated carbocycles. The summed E-state index contributed by atoms with van der Waals surface area (Å²) in [5, 5.41) is 4.83. The van der Waals surface area contributed by atoms with E-state index < -0.39 is 0 Å². The van der Waals surface area contributed by atoms with Gasteiger partial charge >= 0.3 is 0 Å². The molecule has 4 aliphatic carbocycles. The zero-order chi connectivity index (χ0) is 45.3. The second-order valence-corrected chi connectivity index (χ2v) is 22.5. The second kappa shape index (κ2) is 17.2. The van der Waals surface area contributed by atoms with Gasteiger partial charge in [0, 0.05) is 32.8 Å². The minimum atomic E-state index is 0.495. The summed E-state index contributed by atoms with van der Waals surface area (Å²) < 4.78 is 2.42. The van der Waals surface area contributed by atoms with Crippen LogP contribution in [0.25, 0.3) is 72.4 Å². The van der Waals surface area contributed by atoms with Gasteiger partial charge < -0.3 is 4.57 Å². The van der Waals surface area contributed by atoms with Crippen LogP contribution >= 0.6 is 0 Å². The molecule has 0 radical (unpaired) electrons. The Labute approximate surface area is 398 Å². The van der Waals surface area contributed by atoms with Gasteiger partial charge in [-0.2, -0.15) is 0 Å². The molecule has 12 rings (SSSR count). The van der Waals surface area contributed by atoms with Crippen molar-refractivity contribution in [1.82, 2.24) is 19.5 Å². The first-order chi connectivity index (χ1) is 32.7. The van der Waals surface area contributed by atoms with Crippen LogP contribution in [-0.2, 0) is 0 Å². The lowest BCUT2D eigenvalue weighted by Gasteiger charge is -2.61. The summed E-state index contributed by atoms with van der Waals surface area (Å²) in [5.74, 6) is 8.18. The maximum atomic E-state index is 5.32. The SMILES string of the molecule is CC(C)CCCC[C@H]1CC[C@H]2[C@@H]3CC[C@H]4CC(c5ccc(-c6nc(-c7ccccc7)nc(-c7cc(-n8c9ccccc9c9ccccc98)c8ccccc8c7)n6)cc5)CC[C@]4(C)[C@H]3CC[C@]12C. The molecule has 2 heterocycles. The molecule has 0 N–H and O–H groups in total. The van der Waals surface area contributed by atoms with Gasteiger partial charge in [0.25, 0.3) is 0 Å². The normalized spacial score (nSPS) is 27.1. The van der Waals surface area contributed by atoms with Crippen LogP contribution in [0.1, 0.15) is 123 Å². The van der Waals surface area contributed by atoms with Gasteiger partial charge in [-0.3, -0.25) is 0 Å². The monoisotopic (exact) mass is 881 g/mol. The van der Waals surface area contributed by atoms with Crippen molar-refractivity contribution >= 4 is 32.6 Å². The van der Waals surface area contributed by atoms with Crippen molar-refractivity contribution in [3.8, 4) is 39.9 Å². The summed E-state index contributed by atoms with van der Waals surface area (Å²) in [7, 11) is 0. The third kappa shape index (κ3) is 7.44. The highest BCUT2D eigenvalue weighted by atomic mass is 15.0. The van der Waals surface area contributed by atoms with Crippen LogP contribution in [0, 0.1) is 46.3 Å². The summed E-state index contributed by atoms with van der Waals surface area (Å²) in [6.07, 6.45) is 18.6. The Balaban J connectivity index is 0.830. The van der Waals surface area contributed by atoms with Gasteiger partial charge in [-0.05, 0) is 152 Å². The van der Waals surface area contributed by atoms with E-state index >= 15 is 0 Å². The number of benzene rings is 6. The highest BCUT2D eigenvalue weighted by Gasteiger charge is 2.60. The predicted octanol–water partition coefficient (Wildman–Crippen LogP) is 17.1. The zero-order valence-corrected chi connectivity index (χ0v) is 40.3. The van der Waals surface area contributed by atoms with Crippen LogP contribution in [0.3, 0.4) is 0 Å². The Hall–Kier alpha value is -5.61. The van der Waals surface area contributed by atoms with Crippen LogP contribution < -0.4 is 0 Å². The second-order valence-electron chi connectivity index (χ2n) is 22.5. The molecule has 1 unspecified atom stereocenters. The van der Waals surface area contributed by atoms with Gasteiger partial charge in [0.1, 0.15) is 0 Å². The predicted molar refractivity (Wildman–Crippen MR) is 279 cm³/mol. The molecule has 6 aromatic carbocycles. The molecule has 2 aromatic heterocycles. The molecular weight excluding hydrogens is 813 g/mol. The van der Waals surface area contributed by atoms with E-state index in [0.29, 0.717) is 34.2 Å². The fourth-order valence-electron chi connectivity index (χ4n) is 15.1. The lowest BCUT2D eigenvalue weighted by Crippen LogP contribution is -2.53. The number of rotatable bonds is 10. The van der Waals surface area contributed by atoms with Gasteiger partial charge in [0.2, 0.25) is 0 Å². The lowest BCUT2D eigenvalue weighted by molar-refractivity contribution is -0.114. The number of fused-ring (bicyclic) bond motifs is 9. The first kappa shape index (κ1) is 42.7. The molecule has 0 amide bonds. The van der Waals surface area contributed by atoms with Gasteiger partial charge in [-0.1, -0.05) is 162 Å². The van der Waals surface area contributed by atoms with Gasteiger partial charge in [-0.15, -0.1) is 0 Å². The molecular formula is C63H68N4. The van der Waals surface area contributed by atoms with E-state index in [4.69, 9.17) is 15.0 Å². The lowest BCUT2D eigenvalue weighted by atomic mass is 9.44. The Kier molecular flexibility index (Phi) is 10.9. The fourth-order valence-corrected chi connectivity index (χ4v) is 15.1. The highest BCUT2D eigenvalue weighted by molar-refractivity contribution is 6.10. The van der Waals surface area contributed by atoms with E-state index in [9.17, 15) is 0 Å². The van der Waals surface area contributed by atoms with Crippen molar-refractivity contribution in [2.45, 2.75) is 117 Å². The first-order valence-corrected chi connectivity index (χ1v) is 26.2. The fraction of sp³-hybridized carbons (Fsp3) is 0.413. The molecule has 4 nitrogen and oxygen atoms in total. The summed E-state index contributed by atoms with van der Waals surface area (Å²) in [4.78, 5) is 15.7. The molecule has 4 fully saturated rings. The van der Waals surface area contributed by atoms with E-state index in [1.165, 1.54) is 116 Å². The minimum Gasteiger partial charge on any atom is -0.309 e. The maximum Gasteiger partial charge on any atom is 0.164 e. The Morgan fingerprint density at radius 3 is 1.88 bits per heavy atom. The number of hydrogen-bond donors (Lipinski definition) is 0. The van der Waals surface area contributed by atoms with E-state index in [0.717, 1.165) is 63.3 Å².